The summed E-state index contributed by atoms with van der Waals surface area (Å²) in [6, 6.07) is 2.92. The van der Waals surface area contributed by atoms with Crippen molar-refractivity contribution >= 4 is 23.3 Å². The Hall–Kier alpha value is -2.32. The molecule has 8 heteroatoms. The number of nitrogens with one attached hydrogen (secondary N) is 2. The van der Waals surface area contributed by atoms with Gasteiger partial charge in [-0.3, -0.25) is 19.5 Å². The molecule has 172 valence electrons. The Morgan fingerprint density at radius 3 is 2.48 bits per heavy atom. The maximum atomic E-state index is 12.8. The molecule has 31 heavy (non-hydrogen) atoms. The zero-order valence-corrected chi connectivity index (χ0v) is 18.9. The summed E-state index contributed by atoms with van der Waals surface area (Å²) in [7, 11) is 0. The highest BCUT2D eigenvalue weighted by molar-refractivity contribution is 5.97. The first kappa shape index (κ1) is 24.9. The van der Waals surface area contributed by atoms with Gasteiger partial charge in [-0.2, -0.15) is 0 Å². The van der Waals surface area contributed by atoms with Gasteiger partial charge in [-0.25, -0.2) is 0 Å². The summed E-state index contributed by atoms with van der Waals surface area (Å²) in [6.45, 7) is 8.85. The molecule has 0 saturated carbocycles. The Kier molecular flexibility index (Phi) is 11.2. The first-order valence-corrected chi connectivity index (χ1v) is 11.4. The van der Waals surface area contributed by atoms with Crippen LogP contribution in [0.1, 0.15) is 52.4 Å². The number of hydrogen-bond donors (Lipinski definition) is 2. The molecule has 0 aliphatic carbocycles. The summed E-state index contributed by atoms with van der Waals surface area (Å²) < 4.78 is 0. The largest absolute Gasteiger partial charge is 0.343 e. The fourth-order valence-corrected chi connectivity index (χ4v) is 3.76. The van der Waals surface area contributed by atoms with Gasteiger partial charge in [-0.05, 0) is 44.9 Å². The number of unbranched alkanes of at least 4 members (excludes halogenated alkanes) is 2. The van der Waals surface area contributed by atoms with Gasteiger partial charge in [-0.15, -0.1) is 0 Å². The van der Waals surface area contributed by atoms with Crippen LogP contribution in [0.2, 0.25) is 0 Å². The Bertz CT molecular complexity index is 690. The average Bonchev–Trinajstić information content (AvgIpc) is 2.74. The third-order valence-electron chi connectivity index (χ3n) is 5.47. The van der Waals surface area contributed by atoms with Gasteiger partial charge in [-0.1, -0.05) is 19.8 Å². The van der Waals surface area contributed by atoms with Crippen molar-refractivity contribution in [1.82, 2.24) is 20.1 Å². The first-order valence-electron chi connectivity index (χ1n) is 11.4. The second kappa shape index (κ2) is 13.9. The van der Waals surface area contributed by atoms with E-state index in [9.17, 15) is 14.4 Å². The fraction of sp³-hybridized carbons (Fsp3) is 0.652. The molecule has 2 rings (SSSR count). The van der Waals surface area contributed by atoms with E-state index in [1.54, 1.807) is 31.5 Å². The Morgan fingerprint density at radius 1 is 1.10 bits per heavy atom. The van der Waals surface area contributed by atoms with Gasteiger partial charge in [0.15, 0.2) is 0 Å². The molecule has 1 fully saturated rings. The normalized spacial score (nSPS) is 15.9. The maximum absolute atomic E-state index is 12.8. The number of Topliss-reactive ketones (excluding diaryl/α,β-unsaturated/α-hetero) is 1. The van der Waals surface area contributed by atoms with Crippen LogP contribution >= 0.6 is 0 Å². The molecule has 8 nitrogen and oxygen atoms in total. The number of carbonyl (C=O) groups is 3. The lowest BCUT2D eigenvalue weighted by atomic mass is 10.1. The summed E-state index contributed by atoms with van der Waals surface area (Å²) in [5.74, 6) is -0.182. The second-order valence-corrected chi connectivity index (χ2v) is 8.27. The summed E-state index contributed by atoms with van der Waals surface area (Å²) in [5.41, 5.74) is 0.607. The predicted octanol–water partition coefficient (Wildman–Crippen LogP) is 2.07. The van der Waals surface area contributed by atoms with Crippen LogP contribution in [0, 0.1) is 0 Å². The maximum Gasteiger partial charge on any atom is 0.246 e. The SMILES string of the molecule is CCCN1CCN(CC(=O)N[C@@H](CCCCCC(C)=O)C(=O)Nc2cccnc2)CC1. The van der Waals surface area contributed by atoms with Crippen molar-refractivity contribution in [2.75, 3.05) is 44.6 Å². The Balaban J connectivity index is 1.85. The van der Waals surface area contributed by atoms with Crippen LogP contribution < -0.4 is 10.6 Å². The van der Waals surface area contributed by atoms with Crippen molar-refractivity contribution in [3.05, 3.63) is 24.5 Å². The highest BCUT2D eigenvalue weighted by atomic mass is 16.2. The summed E-state index contributed by atoms with van der Waals surface area (Å²) in [6.07, 6.45) is 7.90. The Labute approximate surface area is 185 Å². The lowest BCUT2D eigenvalue weighted by molar-refractivity contribution is -0.127. The standard InChI is InChI=1S/C23H37N5O3/c1-3-12-27-13-15-28(16-14-27)18-22(30)26-21(10-6-4-5-8-19(2)29)23(31)25-20-9-7-11-24-17-20/h7,9,11,17,21H,3-6,8,10,12-16,18H2,1-2H3,(H,25,31)(H,26,30)/t21-/m0/s1. The number of ketones is 1. The van der Waals surface area contributed by atoms with Crippen molar-refractivity contribution in [2.45, 2.75) is 58.4 Å². The van der Waals surface area contributed by atoms with E-state index in [1.165, 1.54) is 0 Å². The van der Waals surface area contributed by atoms with Crippen LogP contribution in [-0.2, 0) is 14.4 Å². The van der Waals surface area contributed by atoms with Crippen LogP contribution in [0.15, 0.2) is 24.5 Å². The van der Waals surface area contributed by atoms with Gasteiger partial charge in [0.1, 0.15) is 11.8 Å². The van der Waals surface area contributed by atoms with Gasteiger partial charge in [0.2, 0.25) is 11.8 Å². The van der Waals surface area contributed by atoms with Gasteiger partial charge < -0.3 is 20.3 Å². The number of amides is 2. The molecular weight excluding hydrogens is 394 g/mol. The minimum absolute atomic E-state index is 0.126. The number of piperazine rings is 1. The molecule has 1 aliphatic heterocycles. The number of anilines is 1. The average molecular weight is 432 g/mol. The molecule has 0 radical (unpaired) electrons. The van der Waals surface area contributed by atoms with Crippen molar-refractivity contribution < 1.29 is 14.4 Å². The zero-order valence-electron chi connectivity index (χ0n) is 18.9. The van der Waals surface area contributed by atoms with Crippen LogP contribution in [0.3, 0.4) is 0 Å². The third-order valence-corrected chi connectivity index (χ3v) is 5.47. The van der Waals surface area contributed by atoms with Gasteiger partial charge in [0.25, 0.3) is 0 Å². The van der Waals surface area contributed by atoms with E-state index in [-0.39, 0.29) is 17.6 Å². The zero-order chi connectivity index (χ0) is 22.5. The molecule has 1 aromatic rings. The molecular formula is C23H37N5O3. The van der Waals surface area contributed by atoms with E-state index in [0.717, 1.165) is 58.4 Å². The molecule has 1 saturated heterocycles. The van der Waals surface area contributed by atoms with Gasteiger partial charge in [0, 0.05) is 38.8 Å². The van der Waals surface area contributed by atoms with E-state index in [0.29, 0.717) is 25.1 Å². The summed E-state index contributed by atoms with van der Waals surface area (Å²) in [5, 5.41) is 5.77. The van der Waals surface area contributed by atoms with Gasteiger partial charge >= 0.3 is 0 Å². The molecule has 2 heterocycles. The molecule has 2 amide bonds. The number of pyridine rings is 1. The quantitative estimate of drug-likeness (QED) is 0.465. The van der Waals surface area contributed by atoms with E-state index in [1.807, 2.05) is 0 Å². The minimum Gasteiger partial charge on any atom is -0.343 e. The van der Waals surface area contributed by atoms with Crippen molar-refractivity contribution in [1.29, 1.82) is 0 Å². The first-order chi connectivity index (χ1) is 15.0. The summed E-state index contributed by atoms with van der Waals surface area (Å²) in [4.78, 5) is 45.1. The van der Waals surface area contributed by atoms with Crippen molar-refractivity contribution in [2.24, 2.45) is 0 Å². The van der Waals surface area contributed by atoms with E-state index in [2.05, 4.69) is 32.3 Å². The fourth-order valence-electron chi connectivity index (χ4n) is 3.76. The number of aromatic nitrogens is 1. The molecule has 1 aromatic heterocycles. The molecule has 2 N–H and O–H groups in total. The smallest absolute Gasteiger partial charge is 0.246 e. The van der Waals surface area contributed by atoms with E-state index < -0.39 is 6.04 Å². The molecule has 0 unspecified atom stereocenters. The van der Waals surface area contributed by atoms with Gasteiger partial charge in [0.05, 0.1) is 18.4 Å². The highest BCUT2D eigenvalue weighted by Crippen LogP contribution is 2.10. The minimum atomic E-state index is -0.605. The van der Waals surface area contributed by atoms with Crippen LogP contribution in [0.5, 0.6) is 0 Å². The molecule has 0 aromatic carbocycles. The topological polar surface area (TPSA) is 94.6 Å². The van der Waals surface area contributed by atoms with E-state index in [4.69, 9.17) is 0 Å². The summed E-state index contributed by atoms with van der Waals surface area (Å²) >= 11 is 0. The van der Waals surface area contributed by atoms with Crippen LogP contribution in [0.4, 0.5) is 5.69 Å². The lowest BCUT2D eigenvalue weighted by Crippen LogP contribution is -2.52. The highest BCUT2D eigenvalue weighted by Gasteiger charge is 2.23. The van der Waals surface area contributed by atoms with Crippen LogP contribution in [0.25, 0.3) is 0 Å². The number of nitrogens with zero attached hydrogens (tertiary/aromatic N) is 3. The molecule has 1 atom stereocenters. The molecule has 0 spiro atoms. The number of rotatable bonds is 13. The number of hydrogen-bond acceptors (Lipinski definition) is 6. The third kappa shape index (κ3) is 10.0. The molecule has 0 bridgehead atoms. The molecule has 1 aliphatic rings. The van der Waals surface area contributed by atoms with E-state index >= 15 is 0 Å². The lowest BCUT2D eigenvalue weighted by Gasteiger charge is -2.34. The monoisotopic (exact) mass is 431 g/mol. The predicted molar refractivity (Wildman–Crippen MR) is 122 cm³/mol. The van der Waals surface area contributed by atoms with Crippen molar-refractivity contribution in [3.63, 3.8) is 0 Å². The van der Waals surface area contributed by atoms with Crippen LogP contribution in [-0.4, -0.2) is 77.7 Å². The van der Waals surface area contributed by atoms with Crippen molar-refractivity contribution in [3.8, 4) is 0 Å². The second-order valence-electron chi connectivity index (χ2n) is 8.27. The number of carbonyl (C=O) groups excluding carboxylic acids is 3. The Morgan fingerprint density at radius 2 is 1.84 bits per heavy atom.